The average molecular weight is 490 g/mol. The minimum Gasteiger partial charge on any atom is -0.269 e. The van der Waals surface area contributed by atoms with Crippen LogP contribution in [0.2, 0.25) is 0 Å². The monoisotopic (exact) mass is 490 g/mol. The SMILES string of the molecule is C=CCCC1=[C-]CC=C1.C=CCCC1=[C-]CC=C1.Cl.Cl.[Hf]. The van der Waals surface area contributed by atoms with Crippen molar-refractivity contribution in [2.24, 2.45) is 0 Å². The summed E-state index contributed by atoms with van der Waals surface area (Å²) < 4.78 is 0. The molecule has 0 amide bonds. The number of halogens is 2. The zero-order valence-electron chi connectivity index (χ0n) is 12.4. The second-order valence-electron chi connectivity index (χ2n) is 4.27. The van der Waals surface area contributed by atoms with Gasteiger partial charge < -0.3 is 0 Å². The molecule has 2 aliphatic rings. The summed E-state index contributed by atoms with van der Waals surface area (Å²) in [5, 5.41) is 0. The zero-order valence-corrected chi connectivity index (χ0v) is 17.7. The quantitative estimate of drug-likeness (QED) is 0.239. The second-order valence-corrected chi connectivity index (χ2v) is 4.27. The van der Waals surface area contributed by atoms with Gasteiger partial charge in [-0.15, -0.1) is 50.8 Å². The van der Waals surface area contributed by atoms with E-state index >= 15 is 0 Å². The first-order chi connectivity index (χ1) is 8.86. The number of hydrogen-bond acceptors (Lipinski definition) is 0. The molecule has 0 bridgehead atoms. The van der Waals surface area contributed by atoms with Gasteiger partial charge in [-0.2, -0.15) is 12.2 Å². The summed E-state index contributed by atoms with van der Waals surface area (Å²) in [6.07, 6.45) is 25.3. The molecule has 0 heterocycles. The van der Waals surface area contributed by atoms with Gasteiger partial charge >= 0.3 is 0 Å². The summed E-state index contributed by atoms with van der Waals surface area (Å²) in [6.45, 7) is 7.31. The molecule has 0 aromatic carbocycles. The molecule has 0 aromatic rings. The summed E-state index contributed by atoms with van der Waals surface area (Å²) in [4.78, 5) is 0. The van der Waals surface area contributed by atoms with E-state index in [0.29, 0.717) is 0 Å². The normalized spacial score (nSPS) is 13.5. The van der Waals surface area contributed by atoms with Crippen LogP contribution in [0.1, 0.15) is 38.5 Å². The van der Waals surface area contributed by atoms with Crippen molar-refractivity contribution in [2.45, 2.75) is 38.5 Å². The van der Waals surface area contributed by atoms with Crippen LogP contribution in [0.4, 0.5) is 0 Å². The smallest absolute Gasteiger partial charge is 0 e. The van der Waals surface area contributed by atoms with Gasteiger partial charge in [-0.25, -0.2) is 23.3 Å². The van der Waals surface area contributed by atoms with E-state index in [9.17, 15) is 0 Å². The maximum atomic E-state index is 3.66. The first-order valence-corrected chi connectivity index (χ1v) is 6.61. The number of allylic oxidation sites excluding steroid dienone is 10. The van der Waals surface area contributed by atoms with Crippen molar-refractivity contribution >= 4 is 24.8 Å². The van der Waals surface area contributed by atoms with Crippen molar-refractivity contribution < 1.29 is 25.8 Å². The van der Waals surface area contributed by atoms with E-state index in [0.717, 1.165) is 38.5 Å². The fraction of sp³-hybridized carbons (Fsp3) is 0.333. The summed E-state index contributed by atoms with van der Waals surface area (Å²) in [6, 6.07) is 0. The van der Waals surface area contributed by atoms with Crippen LogP contribution < -0.4 is 0 Å². The molecule has 0 spiro atoms. The van der Waals surface area contributed by atoms with Crippen LogP contribution in [-0.2, 0) is 25.8 Å². The Morgan fingerprint density at radius 3 is 1.48 bits per heavy atom. The van der Waals surface area contributed by atoms with Gasteiger partial charge in [0.15, 0.2) is 0 Å². The molecule has 0 saturated heterocycles. The Morgan fingerprint density at radius 1 is 0.857 bits per heavy atom. The summed E-state index contributed by atoms with van der Waals surface area (Å²) in [7, 11) is 0. The van der Waals surface area contributed by atoms with E-state index < -0.39 is 0 Å². The van der Waals surface area contributed by atoms with Crippen LogP contribution >= 0.6 is 24.8 Å². The zero-order chi connectivity index (χ0) is 13.1. The third-order valence-electron chi connectivity index (χ3n) is 2.77. The molecular formula is C18H24Cl2Hf-2. The van der Waals surface area contributed by atoms with E-state index in [1.807, 2.05) is 12.2 Å². The summed E-state index contributed by atoms with van der Waals surface area (Å²) in [5.74, 6) is 0. The topological polar surface area (TPSA) is 0 Å². The molecule has 0 atom stereocenters. The van der Waals surface area contributed by atoms with Crippen LogP contribution in [-0.4, -0.2) is 0 Å². The summed E-state index contributed by atoms with van der Waals surface area (Å²) in [5.41, 5.74) is 2.69. The van der Waals surface area contributed by atoms with Crippen LogP contribution in [0.5, 0.6) is 0 Å². The second kappa shape index (κ2) is 17.9. The maximum absolute atomic E-state index is 3.66. The average Bonchev–Trinajstić information content (AvgIpc) is 3.07. The summed E-state index contributed by atoms with van der Waals surface area (Å²) >= 11 is 0. The Bertz CT molecular complexity index is 352. The number of hydrogen-bond donors (Lipinski definition) is 0. The van der Waals surface area contributed by atoms with Crippen molar-refractivity contribution in [3.05, 3.63) is 72.9 Å². The van der Waals surface area contributed by atoms with Crippen molar-refractivity contribution in [3.63, 3.8) is 0 Å². The van der Waals surface area contributed by atoms with Crippen molar-refractivity contribution in [1.29, 1.82) is 0 Å². The molecule has 0 N–H and O–H groups in total. The molecule has 0 aliphatic heterocycles. The Hall–Kier alpha value is -0.110. The fourth-order valence-corrected chi connectivity index (χ4v) is 1.76. The van der Waals surface area contributed by atoms with E-state index in [2.05, 4.69) is 49.6 Å². The fourth-order valence-electron chi connectivity index (χ4n) is 1.76. The molecule has 3 heteroatoms. The molecule has 0 nitrogen and oxygen atoms in total. The Labute approximate surface area is 161 Å². The van der Waals surface area contributed by atoms with Crippen LogP contribution in [0.3, 0.4) is 0 Å². The predicted molar refractivity (Wildman–Crippen MR) is 94.4 cm³/mol. The standard InChI is InChI=1S/2C9H11.2ClH.Hf/c2*1-2-3-6-9-7-4-5-8-9;;;/h2*2,4,7H,1,3,5-6H2;2*1H;/q2*-1;;;. The maximum Gasteiger partial charge on any atom is 0 e. The van der Waals surface area contributed by atoms with Crippen molar-refractivity contribution in [1.82, 2.24) is 0 Å². The predicted octanol–water partition coefficient (Wildman–Crippen LogP) is 6.13. The molecule has 2 aliphatic carbocycles. The Morgan fingerprint density at radius 2 is 1.24 bits per heavy atom. The van der Waals surface area contributed by atoms with Crippen LogP contribution in [0, 0.1) is 12.2 Å². The van der Waals surface area contributed by atoms with Gasteiger partial charge in [-0.1, -0.05) is 25.0 Å². The van der Waals surface area contributed by atoms with Gasteiger partial charge in [-0.3, -0.25) is 12.2 Å². The molecule has 0 unspecified atom stereocenters. The molecule has 0 fully saturated rings. The first kappa shape index (κ1) is 25.8. The van der Waals surface area contributed by atoms with Gasteiger partial charge in [0, 0.05) is 25.8 Å². The minimum absolute atomic E-state index is 0. The number of rotatable bonds is 6. The van der Waals surface area contributed by atoms with Crippen LogP contribution in [0.25, 0.3) is 0 Å². The largest absolute Gasteiger partial charge is 0.269 e. The van der Waals surface area contributed by atoms with Crippen LogP contribution in [0.15, 0.2) is 60.8 Å². The molecule has 21 heavy (non-hydrogen) atoms. The van der Waals surface area contributed by atoms with E-state index in [-0.39, 0.29) is 50.7 Å². The van der Waals surface area contributed by atoms with Gasteiger partial charge in [0.25, 0.3) is 0 Å². The van der Waals surface area contributed by atoms with Gasteiger partial charge in [0.1, 0.15) is 0 Å². The third kappa shape index (κ3) is 13.3. The van der Waals surface area contributed by atoms with E-state index in [4.69, 9.17) is 0 Å². The Balaban J connectivity index is -0.000000270. The molecule has 0 radical (unpaired) electrons. The van der Waals surface area contributed by atoms with Gasteiger partial charge in [0.2, 0.25) is 0 Å². The molecule has 116 valence electrons. The Kier molecular flexibility index (Phi) is 22.1. The minimum atomic E-state index is 0. The molecule has 2 rings (SSSR count). The molecule has 0 saturated carbocycles. The van der Waals surface area contributed by atoms with Crippen molar-refractivity contribution in [2.75, 3.05) is 0 Å². The van der Waals surface area contributed by atoms with Gasteiger partial charge in [0.05, 0.1) is 0 Å². The first-order valence-electron chi connectivity index (χ1n) is 6.61. The van der Waals surface area contributed by atoms with Gasteiger partial charge in [-0.05, 0) is 12.8 Å². The third-order valence-corrected chi connectivity index (χ3v) is 2.77. The molecular weight excluding hydrogens is 466 g/mol. The van der Waals surface area contributed by atoms with E-state index in [1.165, 1.54) is 11.1 Å². The van der Waals surface area contributed by atoms with Crippen molar-refractivity contribution in [3.8, 4) is 0 Å². The van der Waals surface area contributed by atoms with E-state index in [1.54, 1.807) is 0 Å². The molecule has 0 aromatic heterocycles.